The van der Waals surface area contributed by atoms with Gasteiger partial charge in [0.2, 0.25) is 0 Å². The van der Waals surface area contributed by atoms with Crippen LogP contribution < -0.4 is 14.8 Å². The number of alkyl halides is 1. The lowest BCUT2D eigenvalue weighted by Crippen LogP contribution is -2.37. The maximum atomic E-state index is 11.5. The van der Waals surface area contributed by atoms with E-state index in [9.17, 15) is 15.0 Å². The number of rotatable bonds is 7. The first kappa shape index (κ1) is 44.6. The molecule has 0 saturated carbocycles. The number of ether oxygens (including phenoxy) is 3. The number of para-hydroxylation sites is 2. The highest BCUT2D eigenvalue weighted by atomic mass is 79.9. The van der Waals surface area contributed by atoms with Gasteiger partial charge in [-0.3, -0.25) is 4.90 Å². The maximum Gasteiger partial charge on any atom is 0.410 e. The summed E-state index contributed by atoms with van der Waals surface area (Å²) >= 11 is 3.28. The number of benzene rings is 2. The minimum absolute atomic E-state index is 0.338. The lowest BCUT2D eigenvalue weighted by molar-refractivity contribution is 0.0194. The minimum atomic E-state index is -0.753. The molecule has 0 bridgehead atoms. The largest absolute Gasteiger partial charge is 0.493 e. The van der Waals surface area contributed by atoms with Crippen LogP contribution in [0.5, 0.6) is 11.5 Å². The molecular formula is C37H62BrN3O8. The van der Waals surface area contributed by atoms with Crippen LogP contribution in [-0.4, -0.2) is 130 Å². The van der Waals surface area contributed by atoms with Crippen molar-refractivity contribution in [3.63, 3.8) is 0 Å². The van der Waals surface area contributed by atoms with E-state index in [1.807, 2.05) is 95.3 Å². The van der Waals surface area contributed by atoms with Crippen LogP contribution in [0.2, 0.25) is 0 Å². The van der Waals surface area contributed by atoms with Crippen LogP contribution in [0, 0.1) is 0 Å². The normalized spacial score (nSPS) is 24.4. The molecule has 1 amide bonds. The van der Waals surface area contributed by atoms with Gasteiger partial charge >= 0.3 is 6.09 Å². The van der Waals surface area contributed by atoms with E-state index in [0.717, 1.165) is 76.1 Å². The van der Waals surface area contributed by atoms with E-state index in [0.29, 0.717) is 26.1 Å². The van der Waals surface area contributed by atoms with E-state index in [1.165, 1.54) is 0 Å². The molecule has 280 valence electrons. The molecule has 3 aliphatic heterocycles. The van der Waals surface area contributed by atoms with Gasteiger partial charge in [0, 0.05) is 45.2 Å². The number of carbonyl (C=O) groups excluding carboxylic acids is 1. The first-order chi connectivity index (χ1) is 23.0. The molecule has 3 fully saturated rings. The fourth-order valence-corrected chi connectivity index (χ4v) is 5.11. The third-order valence-electron chi connectivity index (χ3n) is 7.49. The zero-order chi connectivity index (χ0) is 37.0. The Morgan fingerprint density at radius 3 is 1.67 bits per heavy atom. The Morgan fingerprint density at radius 2 is 1.31 bits per heavy atom. The molecule has 0 aliphatic carbocycles. The maximum absolute atomic E-state index is 11.5. The monoisotopic (exact) mass is 755 g/mol. The number of aliphatic hydroxyl groups excluding tert-OH is 1. The number of halogens is 1. The van der Waals surface area contributed by atoms with Crippen molar-refractivity contribution in [2.24, 2.45) is 0 Å². The second-order valence-electron chi connectivity index (χ2n) is 14.1. The molecule has 2 aromatic carbocycles. The molecule has 12 heteroatoms. The van der Waals surface area contributed by atoms with Gasteiger partial charge in [0.15, 0.2) is 0 Å². The number of nitrogens with one attached hydrogen (secondary N) is 1. The highest BCUT2D eigenvalue weighted by molar-refractivity contribution is 9.09. The number of likely N-dealkylation sites (tertiary alicyclic amines) is 2. The van der Waals surface area contributed by atoms with Gasteiger partial charge in [-0.15, -0.1) is 0 Å². The predicted octanol–water partition coefficient (Wildman–Crippen LogP) is 4.70. The molecule has 3 atom stereocenters. The zero-order valence-corrected chi connectivity index (χ0v) is 32.2. The lowest BCUT2D eigenvalue weighted by Gasteiger charge is -2.25. The van der Waals surface area contributed by atoms with Gasteiger partial charge in [-0.05, 0) is 91.6 Å². The summed E-state index contributed by atoms with van der Waals surface area (Å²) in [6, 6.07) is 19.6. The molecule has 3 unspecified atom stereocenters. The molecule has 3 aliphatic rings. The summed E-state index contributed by atoms with van der Waals surface area (Å²) in [5.74, 6) is 1.84. The van der Waals surface area contributed by atoms with E-state index in [-0.39, 0.29) is 6.09 Å². The minimum Gasteiger partial charge on any atom is -0.493 e. The van der Waals surface area contributed by atoms with E-state index in [1.54, 1.807) is 11.8 Å². The van der Waals surface area contributed by atoms with E-state index in [4.69, 9.17) is 24.4 Å². The number of amides is 1. The first-order valence-corrected chi connectivity index (χ1v) is 18.1. The van der Waals surface area contributed by atoms with Gasteiger partial charge in [-0.2, -0.15) is 0 Å². The molecule has 0 aromatic heterocycles. The van der Waals surface area contributed by atoms with Gasteiger partial charge in [0.25, 0.3) is 0 Å². The first-order valence-electron chi connectivity index (χ1n) is 16.9. The van der Waals surface area contributed by atoms with Crippen LogP contribution in [-0.2, 0) is 4.74 Å². The Kier molecular flexibility index (Phi) is 20.4. The van der Waals surface area contributed by atoms with Gasteiger partial charge in [0.05, 0.1) is 30.0 Å². The summed E-state index contributed by atoms with van der Waals surface area (Å²) in [6.07, 6.45) is 2.03. The fourth-order valence-electron chi connectivity index (χ4n) is 4.94. The highest BCUT2D eigenvalue weighted by Crippen LogP contribution is 2.22. The lowest BCUT2D eigenvalue weighted by atomic mass is 10.1. The standard InChI is InChI=1S/C13H19NO2.C10H19NO3.C8H9BrO.C5H11NO.CH4O/c1-13(15)7-8-14(11-13)9-10-16-12-5-3-2-4-6-12;1-9(2,3)14-8(12)11-6-5-10(4,13)7-11;9-6-7-10-8-4-2-1-3-5-8;1-5(7)2-3-6-4-5;1-2/h2-6,15H,7-11H2,1H3;13H,5-7H2,1-4H3;1-5H,6-7H2;6-7H,2-4H2,1H3;2H,1H3. The van der Waals surface area contributed by atoms with Crippen molar-refractivity contribution < 1.29 is 39.4 Å². The van der Waals surface area contributed by atoms with Gasteiger partial charge in [-0.25, -0.2) is 4.79 Å². The summed E-state index contributed by atoms with van der Waals surface area (Å²) in [5, 5.41) is 39.5. The molecule has 49 heavy (non-hydrogen) atoms. The quantitative estimate of drug-likeness (QED) is 0.253. The molecule has 2 aromatic rings. The topological polar surface area (TPSA) is 144 Å². The Balaban J connectivity index is 0.000000333. The zero-order valence-electron chi connectivity index (χ0n) is 30.7. The SMILES string of the molecule is BrCCOc1ccccc1.CC1(O)CCN(C(=O)OC(C)(C)C)C1.CC1(O)CCN(CCOc2ccccc2)C1.CC1(O)CCNC1.CO. The summed E-state index contributed by atoms with van der Waals surface area (Å²) in [4.78, 5) is 15.3. The smallest absolute Gasteiger partial charge is 0.410 e. The van der Waals surface area contributed by atoms with Crippen molar-refractivity contribution in [1.29, 1.82) is 0 Å². The van der Waals surface area contributed by atoms with Crippen molar-refractivity contribution in [2.75, 3.05) is 71.5 Å². The third-order valence-corrected chi connectivity index (χ3v) is 7.81. The second-order valence-corrected chi connectivity index (χ2v) is 14.9. The Labute approximate surface area is 302 Å². The van der Waals surface area contributed by atoms with Crippen LogP contribution in [0.3, 0.4) is 0 Å². The Morgan fingerprint density at radius 1 is 0.796 bits per heavy atom. The van der Waals surface area contributed by atoms with Crippen LogP contribution in [0.4, 0.5) is 4.79 Å². The Hall–Kier alpha value is -2.45. The van der Waals surface area contributed by atoms with E-state index < -0.39 is 22.4 Å². The van der Waals surface area contributed by atoms with Crippen LogP contribution in [0.15, 0.2) is 60.7 Å². The van der Waals surface area contributed by atoms with Gasteiger partial charge in [0.1, 0.15) is 23.7 Å². The van der Waals surface area contributed by atoms with Gasteiger partial charge in [-0.1, -0.05) is 52.3 Å². The van der Waals surface area contributed by atoms with Gasteiger partial charge < -0.3 is 44.9 Å². The van der Waals surface area contributed by atoms with Crippen molar-refractivity contribution in [3.05, 3.63) is 60.7 Å². The summed E-state index contributed by atoms with van der Waals surface area (Å²) in [6.45, 7) is 17.6. The molecule has 5 rings (SSSR count). The van der Waals surface area contributed by atoms with Crippen molar-refractivity contribution >= 4 is 22.0 Å². The molecule has 3 saturated heterocycles. The molecule has 11 nitrogen and oxygen atoms in total. The summed E-state index contributed by atoms with van der Waals surface area (Å²) < 4.78 is 16.1. The number of aliphatic hydroxyl groups is 4. The third kappa shape index (κ3) is 21.4. The molecule has 0 spiro atoms. The van der Waals surface area contributed by atoms with Crippen LogP contribution in [0.25, 0.3) is 0 Å². The number of nitrogens with zero attached hydrogens (tertiary/aromatic N) is 2. The average Bonchev–Trinajstić information content (AvgIpc) is 3.74. The number of hydrogen-bond donors (Lipinski definition) is 5. The average molecular weight is 757 g/mol. The van der Waals surface area contributed by atoms with E-state index >= 15 is 0 Å². The Bertz CT molecular complexity index is 1140. The van der Waals surface area contributed by atoms with Crippen LogP contribution in [0.1, 0.15) is 60.8 Å². The van der Waals surface area contributed by atoms with E-state index in [2.05, 4.69) is 26.1 Å². The van der Waals surface area contributed by atoms with Crippen LogP contribution >= 0.6 is 15.9 Å². The number of β-amino-alcohol motifs (C(OH)–C–C–N with tert-alkyl or cyclic N) is 3. The summed E-state index contributed by atoms with van der Waals surface area (Å²) in [5.41, 5.74) is -2.14. The van der Waals surface area contributed by atoms with Crippen molar-refractivity contribution in [3.8, 4) is 11.5 Å². The highest BCUT2D eigenvalue weighted by Gasteiger charge is 2.36. The summed E-state index contributed by atoms with van der Waals surface area (Å²) in [7, 11) is 1.00. The second kappa shape index (κ2) is 22.4. The molecule has 0 radical (unpaired) electrons. The molecule has 3 heterocycles. The van der Waals surface area contributed by atoms with Crippen molar-refractivity contribution in [1.82, 2.24) is 15.1 Å². The molecule has 5 N–H and O–H groups in total. The number of hydrogen-bond acceptors (Lipinski definition) is 10. The van der Waals surface area contributed by atoms with Crippen molar-refractivity contribution in [2.45, 2.75) is 83.2 Å². The molecular weight excluding hydrogens is 694 g/mol. The fraction of sp³-hybridized carbons (Fsp3) is 0.649. The predicted molar refractivity (Wildman–Crippen MR) is 199 cm³/mol. The number of carbonyl (C=O) groups is 1.